The highest BCUT2D eigenvalue weighted by molar-refractivity contribution is 6.30. The quantitative estimate of drug-likeness (QED) is 0.840. The van der Waals surface area contributed by atoms with E-state index in [1.54, 1.807) is 0 Å². The lowest BCUT2D eigenvalue weighted by atomic mass is 9.97. The lowest BCUT2D eigenvalue weighted by Crippen LogP contribution is -2.42. The molecule has 1 amide bonds. The van der Waals surface area contributed by atoms with Crippen LogP contribution in [0.5, 0.6) is 0 Å². The van der Waals surface area contributed by atoms with Crippen molar-refractivity contribution in [1.82, 2.24) is 10.2 Å². The van der Waals surface area contributed by atoms with Crippen molar-refractivity contribution in [3.63, 3.8) is 0 Å². The van der Waals surface area contributed by atoms with Gasteiger partial charge in [0.2, 0.25) is 5.91 Å². The second-order valence-electron chi connectivity index (χ2n) is 5.69. The zero-order valence-electron chi connectivity index (χ0n) is 12.4. The summed E-state index contributed by atoms with van der Waals surface area (Å²) >= 11 is 5.94. The number of nitrogens with zero attached hydrogens (tertiary/aromatic N) is 1. The second kappa shape index (κ2) is 8.37. The van der Waals surface area contributed by atoms with Gasteiger partial charge < -0.3 is 11.1 Å². The molecule has 1 aromatic rings. The van der Waals surface area contributed by atoms with E-state index in [0.29, 0.717) is 19.0 Å². The van der Waals surface area contributed by atoms with Gasteiger partial charge in [-0.15, -0.1) is 0 Å². The minimum Gasteiger partial charge on any atom is -0.355 e. The molecular weight excluding hydrogens is 286 g/mol. The molecule has 21 heavy (non-hydrogen) atoms. The lowest BCUT2D eigenvalue weighted by molar-refractivity contribution is -0.122. The Morgan fingerprint density at radius 2 is 2.14 bits per heavy atom. The highest BCUT2D eigenvalue weighted by Gasteiger charge is 2.19. The third-order valence-corrected chi connectivity index (χ3v) is 4.27. The first kappa shape index (κ1) is 16.3. The molecule has 0 bridgehead atoms. The molecule has 1 fully saturated rings. The fourth-order valence-electron chi connectivity index (χ4n) is 2.68. The molecule has 0 saturated carbocycles. The summed E-state index contributed by atoms with van der Waals surface area (Å²) in [6.45, 7) is 3.86. The van der Waals surface area contributed by atoms with Gasteiger partial charge in [-0.25, -0.2) is 0 Å². The van der Waals surface area contributed by atoms with Crippen molar-refractivity contribution in [2.24, 2.45) is 11.7 Å². The number of piperidine rings is 1. The number of carbonyl (C=O) groups excluding carboxylic acids is 1. The van der Waals surface area contributed by atoms with Crippen LogP contribution in [0.4, 0.5) is 0 Å². The summed E-state index contributed by atoms with van der Waals surface area (Å²) in [6, 6.07) is 7.75. The van der Waals surface area contributed by atoms with E-state index in [-0.39, 0.29) is 5.91 Å². The van der Waals surface area contributed by atoms with Crippen molar-refractivity contribution in [1.29, 1.82) is 0 Å². The van der Waals surface area contributed by atoms with E-state index in [4.69, 9.17) is 17.3 Å². The Morgan fingerprint density at radius 1 is 1.38 bits per heavy atom. The van der Waals surface area contributed by atoms with Crippen LogP contribution in [0.2, 0.25) is 5.02 Å². The maximum absolute atomic E-state index is 11.9. The van der Waals surface area contributed by atoms with Crippen LogP contribution in [0.15, 0.2) is 24.3 Å². The van der Waals surface area contributed by atoms with E-state index in [2.05, 4.69) is 10.2 Å². The number of amides is 1. The summed E-state index contributed by atoms with van der Waals surface area (Å²) in [4.78, 5) is 14.1. The van der Waals surface area contributed by atoms with Crippen LogP contribution in [-0.4, -0.2) is 43.5 Å². The van der Waals surface area contributed by atoms with Crippen LogP contribution in [0.1, 0.15) is 18.4 Å². The number of carbonyl (C=O) groups is 1. The van der Waals surface area contributed by atoms with Crippen LogP contribution >= 0.6 is 11.6 Å². The molecule has 2 rings (SSSR count). The van der Waals surface area contributed by atoms with Crippen LogP contribution < -0.4 is 11.1 Å². The standard InChI is InChI=1S/C16H24ClN3O/c17-15-3-1-2-13(10-15)4-7-19-16(21)12-20-8-5-14(11-18)6-9-20/h1-3,10,14H,4-9,11-12,18H2,(H,19,21). The molecule has 3 N–H and O–H groups in total. The van der Waals surface area contributed by atoms with Gasteiger partial charge in [-0.1, -0.05) is 23.7 Å². The first-order chi connectivity index (χ1) is 10.2. The summed E-state index contributed by atoms with van der Waals surface area (Å²) in [6.07, 6.45) is 3.01. The third-order valence-electron chi connectivity index (χ3n) is 4.03. The average Bonchev–Trinajstić information content (AvgIpc) is 2.48. The van der Waals surface area contributed by atoms with Crippen LogP contribution in [0.3, 0.4) is 0 Å². The van der Waals surface area contributed by atoms with Crippen molar-refractivity contribution < 1.29 is 4.79 Å². The van der Waals surface area contributed by atoms with E-state index >= 15 is 0 Å². The minimum atomic E-state index is 0.100. The van der Waals surface area contributed by atoms with Gasteiger partial charge in [-0.3, -0.25) is 9.69 Å². The van der Waals surface area contributed by atoms with E-state index in [1.165, 1.54) is 0 Å². The molecular formula is C16H24ClN3O. The highest BCUT2D eigenvalue weighted by Crippen LogP contribution is 2.15. The number of rotatable bonds is 6. The fourth-order valence-corrected chi connectivity index (χ4v) is 2.89. The smallest absolute Gasteiger partial charge is 0.234 e. The molecule has 1 aliphatic heterocycles. The topological polar surface area (TPSA) is 58.4 Å². The zero-order valence-corrected chi connectivity index (χ0v) is 13.1. The molecule has 4 nitrogen and oxygen atoms in total. The number of nitrogens with two attached hydrogens (primary N) is 1. The fraction of sp³-hybridized carbons (Fsp3) is 0.562. The molecule has 0 radical (unpaired) electrons. The number of halogens is 1. The minimum absolute atomic E-state index is 0.100. The van der Waals surface area contributed by atoms with Gasteiger partial charge in [0.15, 0.2) is 0 Å². The molecule has 0 unspecified atom stereocenters. The molecule has 0 aromatic heterocycles. The number of likely N-dealkylation sites (tertiary alicyclic amines) is 1. The Kier molecular flexibility index (Phi) is 6.49. The van der Waals surface area contributed by atoms with Crippen LogP contribution in [-0.2, 0) is 11.2 Å². The molecule has 116 valence electrons. The normalized spacial score (nSPS) is 16.9. The van der Waals surface area contributed by atoms with Crippen molar-refractivity contribution in [3.8, 4) is 0 Å². The van der Waals surface area contributed by atoms with Gasteiger partial charge in [0.05, 0.1) is 6.54 Å². The summed E-state index contributed by atoms with van der Waals surface area (Å²) < 4.78 is 0. The molecule has 1 aromatic carbocycles. The number of hydrogen-bond acceptors (Lipinski definition) is 3. The summed E-state index contributed by atoms with van der Waals surface area (Å²) in [7, 11) is 0. The molecule has 5 heteroatoms. The molecule has 1 saturated heterocycles. The summed E-state index contributed by atoms with van der Waals surface area (Å²) in [5.41, 5.74) is 6.82. The lowest BCUT2D eigenvalue weighted by Gasteiger charge is -2.30. The first-order valence-corrected chi connectivity index (χ1v) is 7.98. The zero-order chi connectivity index (χ0) is 15.1. The highest BCUT2D eigenvalue weighted by atomic mass is 35.5. The maximum Gasteiger partial charge on any atom is 0.234 e. The van der Waals surface area contributed by atoms with E-state index in [1.807, 2.05) is 24.3 Å². The Balaban J connectivity index is 1.64. The Labute approximate surface area is 131 Å². The van der Waals surface area contributed by atoms with Gasteiger partial charge in [-0.2, -0.15) is 0 Å². The molecule has 1 heterocycles. The van der Waals surface area contributed by atoms with E-state index < -0.39 is 0 Å². The van der Waals surface area contributed by atoms with Gasteiger partial charge in [0.1, 0.15) is 0 Å². The third kappa shape index (κ3) is 5.65. The van der Waals surface area contributed by atoms with Crippen molar-refractivity contribution in [2.45, 2.75) is 19.3 Å². The molecule has 0 spiro atoms. The first-order valence-electron chi connectivity index (χ1n) is 7.61. The van der Waals surface area contributed by atoms with Gasteiger partial charge >= 0.3 is 0 Å². The predicted octanol–water partition coefficient (Wildman–Crippen LogP) is 1.67. The molecule has 1 aliphatic rings. The van der Waals surface area contributed by atoms with Crippen molar-refractivity contribution >= 4 is 17.5 Å². The second-order valence-corrected chi connectivity index (χ2v) is 6.12. The Morgan fingerprint density at radius 3 is 2.81 bits per heavy atom. The largest absolute Gasteiger partial charge is 0.355 e. The van der Waals surface area contributed by atoms with Crippen LogP contribution in [0.25, 0.3) is 0 Å². The van der Waals surface area contributed by atoms with Crippen molar-refractivity contribution in [2.75, 3.05) is 32.7 Å². The number of nitrogens with one attached hydrogen (secondary N) is 1. The summed E-state index contributed by atoms with van der Waals surface area (Å²) in [5.74, 6) is 0.732. The predicted molar refractivity (Wildman–Crippen MR) is 86.4 cm³/mol. The van der Waals surface area contributed by atoms with Gasteiger partial charge in [0, 0.05) is 11.6 Å². The Hall–Kier alpha value is -1.10. The Bertz CT molecular complexity index is 459. The number of hydrogen-bond donors (Lipinski definition) is 2. The van der Waals surface area contributed by atoms with Crippen molar-refractivity contribution in [3.05, 3.63) is 34.9 Å². The average molecular weight is 310 g/mol. The number of benzene rings is 1. The van der Waals surface area contributed by atoms with Gasteiger partial charge in [0.25, 0.3) is 0 Å². The SMILES string of the molecule is NCC1CCN(CC(=O)NCCc2cccc(Cl)c2)CC1. The monoisotopic (exact) mass is 309 g/mol. The summed E-state index contributed by atoms with van der Waals surface area (Å²) in [5, 5.41) is 3.71. The van der Waals surface area contributed by atoms with E-state index in [9.17, 15) is 4.79 Å². The molecule has 0 aliphatic carbocycles. The molecule has 0 atom stereocenters. The van der Waals surface area contributed by atoms with Crippen LogP contribution in [0, 0.1) is 5.92 Å². The van der Waals surface area contributed by atoms with Gasteiger partial charge in [-0.05, 0) is 62.5 Å². The maximum atomic E-state index is 11.9. The van der Waals surface area contributed by atoms with E-state index in [0.717, 1.165) is 49.5 Å².